The minimum absolute atomic E-state index is 0.293. The number of nitrogens with zero attached hydrogens (tertiary/aromatic N) is 3. The van der Waals surface area contributed by atoms with E-state index in [-0.39, 0.29) is 0 Å². The van der Waals surface area contributed by atoms with E-state index < -0.39 is 6.09 Å². The van der Waals surface area contributed by atoms with Gasteiger partial charge in [-0.05, 0) is 6.72 Å². The van der Waals surface area contributed by atoms with E-state index in [0.29, 0.717) is 19.0 Å². The fraction of sp³-hybridized carbons (Fsp3) is 0.500. The average Bonchev–Trinajstić information content (AvgIpc) is 2.13. The second-order valence-electron chi connectivity index (χ2n) is 2.37. The van der Waals surface area contributed by atoms with E-state index in [4.69, 9.17) is 4.74 Å². The Bertz CT molecular complexity index is 215. The number of ether oxygens (including phenoxy) is 1. The van der Waals surface area contributed by atoms with Crippen molar-refractivity contribution in [2.75, 3.05) is 27.3 Å². The molecule has 0 aromatic heterocycles. The number of halogens is 1. The maximum atomic E-state index is 12.5. The summed E-state index contributed by atoms with van der Waals surface area (Å²) in [6, 6.07) is 0. The molecular weight excluding hydrogens is 173 g/mol. The monoisotopic (exact) mass is 187 g/mol. The molecule has 74 valence electrons. The van der Waals surface area contributed by atoms with Gasteiger partial charge < -0.3 is 9.64 Å². The van der Waals surface area contributed by atoms with Crippen molar-refractivity contribution in [2.24, 2.45) is 9.98 Å². The highest BCUT2D eigenvalue weighted by molar-refractivity contribution is 5.78. The van der Waals surface area contributed by atoms with Gasteiger partial charge in [0.25, 0.3) is 0 Å². The summed E-state index contributed by atoms with van der Waals surface area (Å²) in [7, 11) is 3.33. The van der Waals surface area contributed by atoms with Gasteiger partial charge in [0.2, 0.25) is 0 Å². The first kappa shape index (κ1) is 11.8. The Morgan fingerprint density at radius 2 is 2.23 bits per heavy atom. The number of methoxy groups -OCH3 is 1. The lowest BCUT2D eigenvalue weighted by molar-refractivity contribution is 0.173. The predicted molar refractivity (Wildman–Crippen MR) is 51.7 cm³/mol. The van der Waals surface area contributed by atoms with Crippen LogP contribution in [0, 0.1) is 0 Å². The van der Waals surface area contributed by atoms with Crippen LogP contribution in [-0.4, -0.2) is 45.0 Å². The third-order valence-electron chi connectivity index (χ3n) is 1.42. The highest BCUT2D eigenvalue weighted by Gasteiger charge is 2.00. The Morgan fingerprint density at radius 3 is 2.69 bits per heavy atom. The van der Waals surface area contributed by atoms with Crippen molar-refractivity contribution in [1.29, 1.82) is 0 Å². The zero-order valence-corrected chi connectivity index (χ0v) is 7.96. The van der Waals surface area contributed by atoms with Crippen LogP contribution in [0.4, 0.5) is 4.39 Å². The predicted octanol–water partition coefficient (Wildman–Crippen LogP) is 1.06. The summed E-state index contributed by atoms with van der Waals surface area (Å²) in [6.45, 7) is 7.68. The quantitative estimate of drug-likeness (QED) is 0.366. The molecule has 0 bridgehead atoms. The molecule has 0 saturated heterocycles. The topological polar surface area (TPSA) is 37.2 Å². The van der Waals surface area contributed by atoms with Crippen LogP contribution in [0.3, 0.4) is 0 Å². The second kappa shape index (κ2) is 6.30. The fourth-order valence-corrected chi connectivity index (χ4v) is 0.584. The van der Waals surface area contributed by atoms with E-state index in [1.807, 2.05) is 0 Å². The van der Waals surface area contributed by atoms with E-state index in [1.165, 1.54) is 0 Å². The van der Waals surface area contributed by atoms with Gasteiger partial charge in [-0.2, -0.15) is 9.38 Å². The lowest BCUT2D eigenvalue weighted by Gasteiger charge is -2.16. The molecular formula is C8H14FN3O. The Hall–Kier alpha value is -1.23. The summed E-state index contributed by atoms with van der Waals surface area (Å²) in [5.41, 5.74) is 0. The van der Waals surface area contributed by atoms with E-state index in [0.717, 1.165) is 0 Å². The minimum Gasteiger partial charge on any atom is -0.383 e. The van der Waals surface area contributed by atoms with Crippen molar-refractivity contribution in [2.45, 2.75) is 0 Å². The van der Waals surface area contributed by atoms with Gasteiger partial charge in [-0.25, -0.2) is 4.99 Å². The Morgan fingerprint density at radius 1 is 1.62 bits per heavy atom. The molecule has 4 nitrogen and oxygen atoms in total. The van der Waals surface area contributed by atoms with Gasteiger partial charge in [-0.1, -0.05) is 6.58 Å². The van der Waals surface area contributed by atoms with Crippen LogP contribution in [0.1, 0.15) is 0 Å². The molecule has 0 heterocycles. The number of aliphatic imine (C=N–C) groups is 2. The third-order valence-corrected chi connectivity index (χ3v) is 1.42. The SMILES string of the molecule is C=N/C(F)=N\C(=C)N(C)CCOC. The molecule has 0 aromatic rings. The molecule has 0 spiro atoms. The van der Waals surface area contributed by atoms with Gasteiger partial charge in [0, 0.05) is 20.7 Å². The molecule has 0 radical (unpaired) electrons. The van der Waals surface area contributed by atoms with Crippen LogP contribution >= 0.6 is 0 Å². The van der Waals surface area contributed by atoms with Crippen LogP contribution in [0.5, 0.6) is 0 Å². The number of rotatable bonds is 5. The zero-order chi connectivity index (χ0) is 10.3. The maximum Gasteiger partial charge on any atom is 0.309 e. The number of amidine groups is 1. The minimum atomic E-state index is -0.880. The van der Waals surface area contributed by atoms with Crippen molar-refractivity contribution in [3.8, 4) is 0 Å². The molecule has 0 N–H and O–H groups in total. The first-order valence-electron chi connectivity index (χ1n) is 3.71. The molecule has 0 aliphatic rings. The molecule has 0 aromatic carbocycles. The Kier molecular flexibility index (Phi) is 5.71. The highest BCUT2D eigenvalue weighted by Crippen LogP contribution is 2.00. The zero-order valence-electron chi connectivity index (χ0n) is 7.96. The molecule has 0 fully saturated rings. The third kappa shape index (κ3) is 5.08. The molecule has 0 unspecified atom stereocenters. The molecule has 5 heteroatoms. The Labute approximate surface area is 77.4 Å². The van der Waals surface area contributed by atoms with Crippen molar-refractivity contribution in [3.63, 3.8) is 0 Å². The number of hydrogen-bond donors (Lipinski definition) is 0. The average molecular weight is 187 g/mol. The summed E-state index contributed by atoms with van der Waals surface area (Å²) in [6.07, 6.45) is -0.880. The normalized spacial score (nSPS) is 11.2. The summed E-state index contributed by atoms with van der Waals surface area (Å²) >= 11 is 0. The molecule has 0 atom stereocenters. The molecule has 0 rings (SSSR count). The molecule has 0 aliphatic carbocycles. The van der Waals surface area contributed by atoms with Gasteiger partial charge >= 0.3 is 6.09 Å². The summed E-state index contributed by atoms with van der Waals surface area (Å²) in [4.78, 5) is 8.11. The lowest BCUT2D eigenvalue weighted by atomic mass is 10.5. The smallest absolute Gasteiger partial charge is 0.309 e. The van der Waals surface area contributed by atoms with E-state index >= 15 is 0 Å². The maximum absolute atomic E-state index is 12.5. The summed E-state index contributed by atoms with van der Waals surface area (Å²) in [5, 5.41) is 0. The van der Waals surface area contributed by atoms with Gasteiger partial charge in [0.05, 0.1) is 6.61 Å². The molecule has 13 heavy (non-hydrogen) atoms. The van der Waals surface area contributed by atoms with Crippen LogP contribution in [0.15, 0.2) is 22.4 Å². The number of likely N-dealkylation sites (N-methyl/N-ethyl adjacent to an activating group) is 1. The first-order valence-corrected chi connectivity index (χ1v) is 3.71. The van der Waals surface area contributed by atoms with E-state index in [2.05, 4.69) is 23.3 Å². The van der Waals surface area contributed by atoms with Crippen molar-refractivity contribution in [3.05, 3.63) is 12.4 Å². The van der Waals surface area contributed by atoms with Gasteiger partial charge in [-0.3, -0.25) is 0 Å². The highest BCUT2D eigenvalue weighted by atomic mass is 19.1. The molecule has 0 amide bonds. The van der Waals surface area contributed by atoms with Gasteiger partial charge in [0.15, 0.2) is 0 Å². The Balaban J connectivity index is 4.03. The standard InChI is InChI=1S/C8H14FN3O/c1-7(11-8(9)10-2)12(3)5-6-13-4/h1-2,5-6H2,3-4H3/b11-8-. The first-order chi connectivity index (χ1) is 6.11. The van der Waals surface area contributed by atoms with E-state index in [1.54, 1.807) is 19.1 Å². The van der Waals surface area contributed by atoms with Crippen molar-refractivity contribution in [1.82, 2.24) is 4.90 Å². The largest absolute Gasteiger partial charge is 0.383 e. The lowest BCUT2D eigenvalue weighted by Crippen LogP contribution is -2.21. The van der Waals surface area contributed by atoms with Crippen LogP contribution in [0.2, 0.25) is 0 Å². The van der Waals surface area contributed by atoms with Gasteiger partial charge in [-0.15, -0.1) is 0 Å². The summed E-state index contributed by atoms with van der Waals surface area (Å²) < 4.78 is 17.3. The molecule has 0 aliphatic heterocycles. The van der Waals surface area contributed by atoms with Crippen LogP contribution in [-0.2, 0) is 4.74 Å². The fourth-order valence-electron chi connectivity index (χ4n) is 0.584. The van der Waals surface area contributed by atoms with Crippen LogP contribution < -0.4 is 0 Å². The van der Waals surface area contributed by atoms with Crippen LogP contribution in [0.25, 0.3) is 0 Å². The second-order valence-corrected chi connectivity index (χ2v) is 2.37. The number of hydrogen-bond acceptors (Lipinski definition) is 3. The summed E-state index contributed by atoms with van der Waals surface area (Å²) in [5.74, 6) is 0.293. The van der Waals surface area contributed by atoms with Crippen molar-refractivity contribution >= 4 is 12.8 Å². The molecule has 0 saturated carbocycles. The van der Waals surface area contributed by atoms with Gasteiger partial charge in [0.1, 0.15) is 5.82 Å². The van der Waals surface area contributed by atoms with Crippen molar-refractivity contribution < 1.29 is 9.13 Å². The van der Waals surface area contributed by atoms with E-state index in [9.17, 15) is 4.39 Å².